The molecule has 0 fully saturated rings. The summed E-state index contributed by atoms with van der Waals surface area (Å²) in [5, 5.41) is 3.47. The zero-order valence-electron chi connectivity index (χ0n) is 14.9. The summed E-state index contributed by atoms with van der Waals surface area (Å²) in [6, 6.07) is 11.2. The molecule has 0 saturated heterocycles. The zero-order chi connectivity index (χ0) is 16.8. The number of aryl methyl sites for hydroxylation is 1. The van der Waals surface area contributed by atoms with Crippen molar-refractivity contribution in [2.75, 3.05) is 18.4 Å². The van der Waals surface area contributed by atoms with Gasteiger partial charge in [0.15, 0.2) is 5.82 Å². The Morgan fingerprint density at radius 1 is 1.04 bits per heavy atom. The summed E-state index contributed by atoms with van der Waals surface area (Å²) < 4.78 is 0. The fraction of sp³-hybridized carbons (Fsp3) is 0.474. The highest BCUT2D eigenvalue weighted by atomic mass is 15.2. The van der Waals surface area contributed by atoms with Crippen LogP contribution in [-0.4, -0.2) is 40.0 Å². The van der Waals surface area contributed by atoms with Gasteiger partial charge in [0.25, 0.3) is 0 Å². The molecule has 0 aliphatic carbocycles. The predicted molar refractivity (Wildman–Crippen MR) is 97.7 cm³/mol. The highest BCUT2D eigenvalue weighted by molar-refractivity contribution is 5.58. The van der Waals surface area contributed by atoms with Gasteiger partial charge in [-0.15, -0.1) is 0 Å². The minimum Gasteiger partial charge on any atom is -0.368 e. The quantitative estimate of drug-likeness (QED) is 0.839. The van der Waals surface area contributed by atoms with E-state index in [0.717, 1.165) is 35.9 Å². The van der Waals surface area contributed by atoms with Gasteiger partial charge in [-0.2, -0.15) is 0 Å². The van der Waals surface area contributed by atoms with Crippen LogP contribution in [0.5, 0.6) is 0 Å². The molecule has 0 atom stereocenters. The van der Waals surface area contributed by atoms with Crippen LogP contribution in [0.3, 0.4) is 0 Å². The minimum atomic E-state index is 0.545. The molecule has 1 heterocycles. The van der Waals surface area contributed by atoms with Crippen molar-refractivity contribution in [3.05, 3.63) is 42.1 Å². The lowest BCUT2D eigenvalue weighted by molar-refractivity contribution is 0.182. The molecule has 2 rings (SSSR count). The van der Waals surface area contributed by atoms with E-state index in [2.05, 4.69) is 47.9 Å². The van der Waals surface area contributed by atoms with Crippen LogP contribution >= 0.6 is 0 Å². The molecule has 0 bridgehead atoms. The maximum Gasteiger partial charge on any atom is 0.161 e. The maximum absolute atomic E-state index is 4.69. The number of hydrogen-bond donors (Lipinski definition) is 1. The number of benzene rings is 1. The first-order valence-corrected chi connectivity index (χ1v) is 8.37. The molecule has 0 aliphatic rings. The van der Waals surface area contributed by atoms with Crippen molar-refractivity contribution in [2.24, 2.45) is 0 Å². The summed E-state index contributed by atoms with van der Waals surface area (Å²) >= 11 is 0. The number of hydrogen-bond acceptors (Lipinski definition) is 4. The molecular weight excluding hydrogens is 284 g/mol. The van der Waals surface area contributed by atoms with Crippen LogP contribution in [-0.2, 0) is 0 Å². The fourth-order valence-corrected chi connectivity index (χ4v) is 2.76. The van der Waals surface area contributed by atoms with Gasteiger partial charge in [-0.25, -0.2) is 9.97 Å². The second-order valence-corrected chi connectivity index (χ2v) is 6.44. The van der Waals surface area contributed by atoms with E-state index in [9.17, 15) is 0 Å². The summed E-state index contributed by atoms with van der Waals surface area (Å²) in [4.78, 5) is 11.6. The topological polar surface area (TPSA) is 41.1 Å². The average molecular weight is 312 g/mol. The lowest BCUT2D eigenvalue weighted by Gasteiger charge is -2.30. The minimum absolute atomic E-state index is 0.545. The summed E-state index contributed by atoms with van der Waals surface area (Å²) in [6.45, 7) is 12.9. The number of rotatable bonds is 7. The average Bonchev–Trinajstić information content (AvgIpc) is 2.53. The van der Waals surface area contributed by atoms with E-state index in [1.54, 1.807) is 0 Å². The van der Waals surface area contributed by atoms with Gasteiger partial charge in [-0.3, -0.25) is 4.90 Å². The van der Waals surface area contributed by atoms with Gasteiger partial charge in [0.2, 0.25) is 0 Å². The molecule has 1 aromatic heterocycles. The van der Waals surface area contributed by atoms with Crippen LogP contribution in [0.1, 0.15) is 33.3 Å². The van der Waals surface area contributed by atoms with E-state index < -0.39 is 0 Å². The monoisotopic (exact) mass is 312 g/mol. The van der Waals surface area contributed by atoms with Gasteiger partial charge in [-0.1, -0.05) is 30.3 Å². The van der Waals surface area contributed by atoms with E-state index in [4.69, 9.17) is 0 Å². The van der Waals surface area contributed by atoms with Crippen molar-refractivity contribution in [1.82, 2.24) is 14.9 Å². The van der Waals surface area contributed by atoms with Crippen molar-refractivity contribution in [3.8, 4) is 11.4 Å². The van der Waals surface area contributed by atoms with E-state index in [1.165, 1.54) is 0 Å². The Bertz CT molecular complexity index is 600. The first-order valence-electron chi connectivity index (χ1n) is 8.37. The van der Waals surface area contributed by atoms with E-state index >= 15 is 0 Å². The second-order valence-electron chi connectivity index (χ2n) is 6.44. The summed E-state index contributed by atoms with van der Waals surface area (Å²) in [6.07, 6.45) is 1.89. The normalized spacial score (nSPS) is 11.5. The summed E-state index contributed by atoms with van der Waals surface area (Å²) in [5.41, 5.74) is 2.12. The molecule has 124 valence electrons. The molecule has 0 radical (unpaired) electrons. The van der Waals surface area contributed by atoms with Crippen molar-refractivity contribution in [3.63, 3.8) is 0 Å². The smallest absolute Gasteiger partial charge is 0.161 e. The molecule has 4 nitrogen and oxygen atoms in total. The Balaban J connectivity index is 2.05. The summed E-state index contributed by atoms with van der Waals surface area (Å²) in [7, 11) is 0. The van der Waals surface area contributed by atoms with Crippen molar-refractivity contribution >= 4 is 5.82 Å². The highest BCUT2D eigenvalue weighted by Gasteiger charge is 2.13. The van der Waals surface area contributed by atoms with Gasteiger partial charge in [0, 0.05) is 42.5 Å². The van der Waals surface area contributed by atoms with Crippen molar-refractivity contribution in [1.29, 1.82) is 0 Å². The molecule has 0 aliphatic heterocycles. The van der Waals surface area contributed by atoms with Crippen LogP contribution in [0.15, 0.2) is 36.5 Å². The molecule has 0 unspecified atom stereocenters. The van der Waals surface area contributed by atoms with Gasteiger partial charge < -0.3 is 5.32 Å². The maximum atomic E-state index is 4.69. The molecule has 1 N–H and O–H groups in total. The number of aromatic nitrogens is 2. The van der Waals surface area contributed by atoms with E-state index in [-0.39, 0.29) is 0 Å². The second kappa shape index (κ2) is 8.06. The van der Waals surface area contributed by atoms with Crippen molar-refractivity contribution in [2.45, 2.75) is 46.7 Å². The third-order valence-corrected chi connectivity index (χ3v) is 3.99. The fourth-order valence-electron chi connectivity index (χ4n) is 2.76. The van der Waals surface area contributed by atoms with Crippen LogP contribution in [0.2, 0.25) is 0 Å². The SMILES string of the molecule is Cc1cnc(-c2ccccc2)nc1NCCN(C(C)C)C(C)C. The molecule has 2 aromatic rings. The van der Waals surface area contributed by atoms with E-state index in [1.807, 2.05) is 43.5 Å². The Labute approximate surface area is 140 Å². The Kier molecular flexibility index (Phi) is 6.11. The third-order valence-electron chi connectivity index (χ3n) is 3.99. The standard InChI is InChI=1S/C19H28N4/c1-14(2)23(15(3)4)12-11-20-18-16(5)13-21-19(22-18)17-9-7-6-8-10-17/h6-10,13-15H,11-12H2,1-5H3,(H,20,21,22). The number of nitrogens with one attached hydrogen (secondary N) is 1. The van der Waals surface area contributed by atoms with Gasteiger partial charge in [0.1, 0.15) is 5.82 Å². The summed E-state index contributed by atoms with van der Waals surface area (Å²) in [5.74, 6) is 1.69. The predicted octanol–water partition coefficient (Wildman–Crippen LogP) is 3.98. The van der Waals surface area contributed by atoms with Crippen LogP contribution in [0.4, 0.5) is 5.82 Å². The zero-order valence-corrected chi connectivity index (χ0v) is 14.9. The van der Waals surface area contributed by atoms with Crippen molar-refractivity contribution < 1.29 is 0 Å². The van der Waals surface area contributed by atoms with Gasteiger partial charge in [-0.05, 0) is 34.6 Å². The van der Waals surface area contributed by atoms with Crippen LogP contribution in [0, 0.1) is 6.92 Å². The number of nitrogens with zero attached hydrogens (tertiary/aromatic N) is 3. The first kappa shape index (κ1) is 17.4. The Morgan fingerprint density at radius 3 is 2.30 bits per heavy atom. The van der Waals surface area contributed by atoms with Gasteiger partial charge in [0.05, 0.1) is 0 Å². The lowest BCUT2D eigenvalue weighted by atomic mass is 10.2. The molecule has 0 amide bonds. The largest absolute Gasteiger partial charge is 0.368 e. The molecule has 1 aromatic carbocycles. The van der Waals surface area contributed by atoms with Crippen LogP contribution in [0.25, 0.3) is 11.4 Å². The van der Waals surface area contributed by atoms with Gasteiger partial charge >= 0.3 is 0 Å². The molecular formula is C19H28N4. The first-order chi connectivity index (χ1) is 11.0. The third kappa shape index (κ3) is 4.76. The molecule has 0 spiro atoms. The Morgan fingerprint density at radius 2 is 1.70 bits per heavy atom. The molecule has 4 heteroatoms. The Hall–Kier alpha value is -1.94. The number of anilines is 1. The highest BCUT2D eigenvalue weighted by Crippen LogP contribution is 2.18. The lowest BCUT2D eigenvalue weighted by Crippen LogP contribution is -2.40. The van der Waals surface area contributed by atoms with Crippen LogP contribution < -0.4 is 5.32 Å². The molecule has 0 saturated carbocycles. The molecule has 23 heavy (non-hydrogen) atoms. The van der Waals surface area contributed by atoms with E-state index in [0.29, 0.717) is 12.1 Å².